The summed E-state index contributed by atoms with van der Waals surface area (Å²) < 4.78 is 42.9. The zero-order valence-corrected chi connectivity index (χ0v) is 14.3. The number of alkyl halides is 3. The fourth-order valence-electron chi connectivity index (χ4n) is 2.93. The van der Waals surface area contributed by atoms with Crippen molar-refractivity contribution in [3.05, 3.63) is 40.5 Å². The van der Waals surface area contributed by atoms with Gasteiger partial charge in [0.15, 0.2) is 11.5 Å². The summed E-state index contributed by atoms with van der Waals surface area (Å²) in [4.78, 5) is 12.3. The summed E-state index contributed by atoms with van der Waals surface area (Å²) in [6.07, 6.45) is -2.03. The van der Waals surface area contributed by atoms with Gasteiger partial charge < -0.3 is 14.9 Å². The lowest BCUT2D eigenvalue weighted by molar-refractivity contribution is -0.137. The predicted molar refractivity (Wildman–Crippen MR) is 87.7 cm³/mol. The van der Waals surface area contributed by atoms with Gasteiger partial charge in [-0.15, -0.1) is 0 Å². The van der Waals surface area contributed by atoms with Gasteiger partial charge in [-0.1, -0.05) is 41.7 Å². The predicted octanol–water partition coefficient (Wildman–Crippen LogP) is 4.05. The third-order valence-corrected chi connectivity index (χ3v) is 4.72. The van der Waals surface area contributed by atoms with Crippen LogP contribution in [0.25, 0.3) is 11.3 Å². The molecule has 1 saturated carbocycles. The Morgan fingerprint density at radius 2 is 1.88 bits per heavy atom. The van der Waals surface area contributed by atoms with Crippen LogP contribution in [0.15, 0.2) is 28.8 Å². The van der Waals surface area contributed by atoms with Crippen LogP contribution in [0.5, 0.6) is 0 Å². The summed E-state index contributed by atoms with van der Waals surface area (Å²) in [5.74, 6) is -0.586. The van der Waals surface area contributed by atoms with Gasteiger partial charge in [0.1, 0.15) is 5.02 Å². The molecule has 1 heterocycles. The molecule has 140 valence electrons. The van der Waals surface area contributed by atoms with Crippen molar-refractivity contribution >= 4 is 17.5 Å². The van der Waals surface area contributed by atoms with E-state index < -0.39 is 29.8 Å². The molecule has 0 saturated heterocycles. The van der Waals surface area contributed by atoms with E-state index in [1.54, 1.807) is 0 Å². The molecule has 3 rings (SSSR count). The fourth-order valence-corrected chi connectivity index (χ4v) is 3.19. The standard InChI is InChI=1S/C17H16ClF3N2O3/c18-13-14(16(25)22-11-3-1-2-4-12(11)24)23-26-15(13)9-5-7-10(8-6-9)17(19,20)21/h5-8,11-12,24H,1-4H2,(H,22,25)/t11-,12+/m0/s1. The molecule has 2 N–H and O–H groups in total. The normalized spacial score (nSPS) is 20.8. The van der Waals surface area contributed by atoms with Crippen LogP contribution in [0.1, 0.15) is 41.7 Å². The quantitative estimate of drug-likeness (QED) is 0.831. The molecule has 0 bridgehead atoms. The number of nitrogens with zero attached hydrogens (tertiary/aromatic N) is 1. The lowest BCUT2D eigenvalue weighted by atomic mass is 9.92. The van der Waals surface area contributed by atoms with E-state index in [2.05, 4.69) is 10.5 Å². The number of aliphatic hydroxyl groups is 1. The van der Waals surface area contributed by atoms with Crippen LogP contribution in [0.2, 0.25) is 5.02 Å². The third-order valence-electron chi connectivity index (χ3n) is 4.37. The Kier molecular flexibility index (Phi) is 5.24. The number of halogens is 4. The Hall–Kier alpha value is -2.06. The number of hydrogen-bond donors (Lipinski definition) is 2. The van der Waals surface area contributed by atoms with E-state index >= 15 is 0 Å². The number of rotatable bonds is 3. The minimum absolute atomic E-state index is 0.00901. The van der Waals surface area contributed by atoms with Crippen LogP contribution >= 0.6 is 11.6 Å². The average molecular weight is 389 g/mol. The molecule has 1 fully saturated rings. The summed E-state index contributed by atoms with van der Waals surface area (Å²) in [7, 11) is 0. The molecule has 1 aliphatic carbocycles. The maximum atomic E-state index is 12.6. The highest BCUT2D eigenvalue weighted by atomic mass is 35.5. The number of aromatic nitrogens is 1. The fraction of sp³-hybridized carbons (Fsp3) is 0.412. The molecule has 2 aromatic rings. The minimum atomic E-state index is -4.45. The first kappa shape index (κ1) is 18.7. The molecule has 1 amide bonds. The van der Waals surface area contributed by atoms with Crippen molar-refractivity contribution in [1.29, 1.82) is 0 Å². The zero-order chi connectivity index (χ0) is 18.9. The SMILES string of the molecule is O=C(N[C@H]1CCCC[C@H]1O)c1noc(-c2ccc(C(F)(F)F)cc2)c1Cl. The van der Waals surface area contributed by atoms with Gasteiger partial charge in [-0.3, -0.25) is 4.79 Å². The molecule has 5 nitrogen and oxygen atoms in total. The number of carbonyl (C=O) groups excluding carboxylic acids is 1. The van der Waals surface area contributed by atoms with Crippen molar-refractivity contribution in [2.75, 3.05) is 0 Å². The Morgan fingerprint density at radius 1 is 1.23 bits per heavy atom. The van der Waals surface area contributed by atoms with Crippen molar-refractivity contribution in [2.24, 2.45) is 0 Å². The molecule has 26 heavy (non-hydrogen) atoms. The van der Waals surface area contributed by atoms with Crippen LogP contribution in [-0.2, 0) is 6.18 Å². The molecular formula is C17H16ClF3N2O3. The maximum Gasteiger partial charge on any atom is 0.416 e. The maximum absolute atomic E-state index is 12.6. The highest BCUT2D eigenvalue weighted by Crippen LogP contribution is 2.34. The van der Waals surface area contributed by atoms with E-state index in [0.717, 1.165) is 25.0 Å². The molecule has 1 aromatic heterocycles. The summed E-state index contributed by atoms with van der Waals surface area (Å²) in [5, 5.41) is 16.1. The topological polar surface area (TPSA) is 75.4 Å². The van der Waals surface area contributed by atoms with Gasteiger partial charge in [-0.25, -0.2) is 0 Å². The summed E-state index contributed by atoms with van der Waals surface area (Å²) in [6.45, 7) is 0. The Bertz CT molecular complexity index is 790. The number of amides is 1. The summed E-state index contributed by atoms with van der Waals surface area (Å²) in [6, 6.07) is 3.79. The molecule has 9 heteroatoms. The first-order valence-corrected chi connectivity index (χ1v) is 8.47. The van der Waals surface area contributed by atoms with Gasteiger partial charge in [-0.05, 0) is 25.0 Å². The number of nitrogens with one attached hydrogen (secondary N) is 1. The Labute approximate surface area is 152 Å². The zero-order valence-electron chi connectivity index (χ0n) is 13.5. The summed E-state index contributed by atoms with van der Waals surface area (Å²) >= 11 is 6.14. The van der Waals surface area contributed by atoms with E-state index in [1.807, 2.05) is 0 Å². The smallest absolute Gasteiger partial charge is 0.391 e. The molecule has 1 aliphatic rings. The second kappa shape index (κ2) is 7.28. The molecule has 0 radical (unpaired) electrons. The molecular weight excluding hydrogens is 373 g/mol. The molecule has 0 unspecified atom stereocenters. The van der Waals surface area contributed by atoms with E-state index in [9.17, 15) is 23.1 Å². The van der Waals surface area contributed by atoms with E-state index in [0.29, 0.717) is 12.8 Å². The second-order valence-electron chi connectivity index (χ2n) is 6.18. The highest BCUT2D eigenvalue weighted by molar-refractivity contribution is 6.35. The van der Waals surface area contributed by atoms with Gasteiger partial charge >= 0.3 is 6.18 Å². The van der Waals surface area contributed by atoms with Crippen LogP contribution < -0.4 is 5.32 Å². The van der Waals surface area contributed by atoms with E-state index in [4.69, 9.17) is 16.1 Å². The molecule has 2 atom stereocenters. The lowest BCUT2D eigenvalue weighted by Gasteiger charge is -2.27. The van der Waals surface area contributed by atoms with E-state index in [1.165, 1.54) is 12.1 Å². The third kappa shape index (κ3) is 3.86. The second-order valence-corrected chi connectivity index (χ2v) is 6.56. The van der Waals surface area contributed by atoms with Gasteiger partial charge in [0.25, 0.3) is 5.91 Å². The van der Waals surface area contributed by atoms with Crippen LogP contribution in [0.4, 0.5) is 13.2 Å². The van der Waals surface area contributed by atoms with Crippen molar-refractivity contribution in [3.8, 4) is 11.3 Å². The van der Waals surface area contributed by atoms with Crippen molar-refractivity contribution in [1.82, 2.24) is 10.5 Å². The van der Waals surface area contributed by atoms with Crippen LogP contribution in [0, 0.1) is 0 Å². The van der Waals surface area contributed by atoms with Crippen LogP contribution in [-0.4, -0.2) is 28.3 Å². The van der Waals surface area contributed by atoms with Gasteiger partial charge in [-0.2, -0.15) is 13.2 Å². The van der Waals surface area contributed by atoms with E-state index in [-0.39, 0.29) is 22.0 Å². The number of aliphatic hydroxyl groups excluding tert-OH is 1. The number of carbonyl (C=O) groups is 1. The number of hydrogen-bond acceptors (Lipinski definition) is 4. The van der Waals surface area contributed by atoms with Crippen molar-refractivity contribution in [3.63, 3.8) is 0 Å². The number of benzene rings is 1. The first-order valence-electron chi connectivity index (χ1n) is 8.09. The van der Waals surface area contributed by atoms with Crippen molar-refractivity contribution in [2.45, 2.75) is 44.0 Å². The van der Waals surface area contributed by atoms with Gasteiger partial charge in [0.2, 0.25) is 0 Å². The minimum Gasteiger partial charge on any atom is -0.391 e. The molecule has 0 aliphatic heterocycles. The highest BCUT2D eigenvalue weighted by Gasteiger charge is 2.31. The summed E-state index contributed by atoms with van der Waals surface area (Å²) in [5.41, 5.74) is -0.701. The van der Waals surface area contributed by atoms with Gasteiger partial charge in [0.05, 0.1) is 17.7 Å². The van der Waals surface area contributed by atoms with Crippen LogP contribution in [0.3, 0.4) is 0 Å². The Balaban J connectivity index is 1.78. The molecule has 0 spiro atoms. The van der Waals surface area contributed by atoms with Crippen molar-refractivity contribution < 1.29 is 27.6 Å². The molecule has 1 aromatic carbocycles. The monoisotopic (exact) mass is 388 g/mol. The largest absolute Gasteiger partial charge is 0.416 e. The van der Waals surface area contributed by atoms with Gasteiger partial charge in [0, 0.05) is 5.56 Å². The lowest BCUT2D eigenvalue weighted by Crippen LogP contribution is -2.45. The Morgan fingerprint density at radius 3 is 2.50 bits per heavy atom. The average Bonchev–Trinajstić information content (AvgIpc) is 2.98. The first-order chi connectivity index (χ1) is 12.3.